The van der Waals surface area contributed by atoms with Crippen LogP contribution in [0.25, 0.3) is 0 Å². The quantitative estimate of drug-likeness (QED) is 0.319. The Morgan fingerprint density at radius 2 is 1.83 bits per heavy atom. The highest BCUT2D eigenvalue weighted by atomic mass is 16.2. The molecule has 2 rings (SSSR count). The number of nitrogens with zero attached hydrogens (tertiary/aromatic N) is 1. The molecular formula is C8H12N2O2. The van der Waals surface area contributed by atoms with Gasteiger partial charge in [0, 0.05) is 6.42 Å². The fourth-order valence-electron chi connectivity index (χ4n) is 2.26. The van der Waals surface area contributed by atoms with Crippen molar-refractivity contribution in [1.29, 1.82) is 0 Å². The standard InChI is InChI=1S/C8H12N2O2/c9-10-6(11)5-8(7(10)12)3-1-2-4-8/h1-5,9H2. The number of imide groups is 1. The number of nitrogens with two attached hydrogens (primary N) is 1. The van der Waals surface area contributed by atoms with Crippen molar-refractivity contribution in [3.63, 3.8) is 0 Å². The van der Waals surface area contributed by atoms with Gasteiger partial charge in [-0.25, -0.2) is 10.9 Å². The van der Waals surface area contributed by atoms with Crippen LogP contribution in [0.1, 0.15) is 32.1 Å². The van der Waals surface area contributed by atoms with Crippen LogP contribution in [0.4, 0.5) is 0 Å². The van der Waals surface area contributed by atoms with Crippen molar-refractivity contribution >= 4 is 11.8 Å². The number of carbonyl (C=O) groups excluding carboxylic acids is 2. The zero-order chi connectivity index (χ0) is 8.77. The van der Waals surface area contributed by atoms with E-state index in [2.05, 4.69) is 0 Å². The molecule has 1 aliphatic carbocycles. The highest BCUT2D eigenvalue weighted by Gasteiger charge is 2.51. The van der Waals surface area contributed by atoms with Gasteiger partial charge in [0.15, 0.2) is 0 Å². The van der Waals surface area contributed by atoms with E-state index in [0.29, 0.717) is 6.42 Å². The number of hydrogen-bond donors (Lipinski definition) is 1. The smallest absolute Gasteiger partial charge is 0.250 e. The molecule has 1 spiro atoms. The van der Waals surface area contributed by atoms with Gasteiger partial charge in [0.25, 0.3) is 0 Å². The Kier molecular flexibility index (Phi) is 1.48. The Hall–Kier alpha value is -0.900. The second kappa shape index (κ2) is 2.29. The summed E-state index contributed by atoms with van der Waals surface area (Å²) < 4.78 is 0. The van der Waals surface area contributed by atoms with Crippen LogP contribution in [-0.4, -0.2) is 16.8 Å². The fraction of sp³-hybridized carbons (Fsp3) is 0.750. The second-order valence-electron chi connectivity index (χ2n) is 3.73. The molecule has 0 bridgehead atoms. The summed E-state index contributed by atoms with van der Waals surface area (Å²) in [5.74, 6) is 4.93. The molecule has 0 atom stereocenters. The summed E-state index contributed by atoms with van der Waals surface area (Å²) in [5, 5.41) is 0.797. The SMILES string of the molecule is NN1C(=O)CC2(CCCC2)C1=O. The van der Waals surface area contributed by atoms with E-state index >= 15 is 0 Å². The molecule has 0 unspecified atom stereocenters. The van der Waals surface area contributed by atoms with E-state index in [1.807, 2.05) is 0 Å². The molecule has 4 heteroatoms. The van der Waals surface area contributed by atoms with Gasteiger partial charge in [-0.2, -0.15) is 0 Å². The summed E-state index contributed by atoms with van der Waals surface area (Å²) in [4.78, 5) is 22.6. The zero-order valence-electron chi connectivity index (χ0n) is 6.88. The van der Waals surface area contributed by atoms with Gasteiger partial charge in [0.1, 0.15) is 0 Å². The van der Waals surface area contributed by atoms with Crippen molar-refractivity contribution in [2.24, 2.45) is 11.3 Å². The molecule has 12 heavy (non-hydrogen) atoms. The third-order valence-electron chi connectivity index (χ3n) is 2.99. The minimum atomic E-state index is -0.397. The van der Waals surface area contributed by atoms with Crippen LogP contribution in [0.3, 0.4) is 0 Å². The second-order valence-corrected chi connectivity index (χ2v) is 3.73. The Bertz CT molecular complexity index is 243. The molecule has 2 aliphatic rings. The van der Waals surface area contributed by atoms with E-state index in [-0.39, 0.29) is 11.8 Å². The highest BCUT2D eigenvalue weighted by Crippen LogP contribution is 2.45. The third kappa shape index (κ3) is 0.813. The molecule has 0 aromatic carbocycles. The van der Waals surface area contributed by atoms with Crippen molar-refractivity contribution in [3.8, 4) is 0 Å². The Morgan fingerprint density at radius 3 is 2.25 bits per heavy atom. The van der Waals surface area contributed by atoms with Crippen LogP contribution < -0.4 is 5.84 Å². The largest absolute Gasteiger partial charge is 0.273 e. The first kappa shape index (κ1) is 7.73. The van der Waals surface area contributed by atoms with Crippen LogP contribution in [0.15, 0.2) is 0 Å². The first-order valence-electron chi connectivity index (χ1n) is 4.28. The molecule has 1 saturated heterocycles. The van der Waals surface area contributed by atoms with E-state index in [9.17, 15) is 9.59 Å². The normalized spacial score (nSPS) is 27.6. The summed E-state index contributed by atoms with van der Waals surface area (Å²) in [6.45, 7) is 0. The van der Waals surface area contributed by atoms with Crippen molar-refractivity contribution in [2.45, 2.75) is 32.1 Å². The Labute approximate surface area is 70.7 Å². The van der Waals surface area contributed by atoms with E-state index in [1.165, 1.54) is 0 Å². The summed E-state index contributed by atoms with van der Waals surface area (Å²) in [5.41, 5.74) is -0.397. The van der Waals surface area contributed by atoms with Crippen molar-refractivity contribution in [3.05, 3.63) is 0 Å². The number of hydrazine groups is 1. The van der Waals surface area contributed by atoms with Crippen molar-refractivity contribution < 1.29 is 9.59 Å². The lowest BCUT2D eigenvalue weighted by molar-refractivity contribution is -0.141. The summed E-state index contributed by atoms with van der Waals surface area (Å²) in [7, 11) is 0. The van der Waals surface area contributed by atoms with Crippen LogP contribution >= 0.6 is 0 Å². The predicted octanol–water partition coefficient (Wildman–Crippen LogP) is 0.179. The van der Waals surface area contributed by atoms with Gasteiger partial charge in [0.05, 0.1) is 5.41 Å². The van der Waals surface area contributed by atoms with Gasteiger partial charge in [-0.05, 0) is 12.8 Å². The van der Waals surface area contributed by atoms with Crippen molar-refractivity contribution in [2.75, 3.05) is 0 Å². The molecule has 2 fully saturated rings. The Balaban J connectivity index is 2.29. The molecule has 2 amide bonds. The monoisotopic (exact) mass is 168 g/mol. The van der Waals surface area contributed by atoms with Gasteiger partial charge in [0.2, 0.25) is 11.8 Å². The highest BCUT2D eigenvalue weighted by molar-refractivity contribution is 6.05. The molecule has 0 aromatic rings. The molecular weight excluding hydrogens is 156 g/mol. The fourth-order valence-corrected chi connectivity index (χ4v) is 2.26. The molecule has 1 saturated carbocycles. The van der Waals surface area contributed by atoms with Gasteiger partial charge in [-0.3, -0.25) is 9.59 Å². The van der Waals surface area contributed by atoms with Gasteiger partial charge < -0.3 is 0 Å². The van der Waals surface area contributed by atoms with Crippen LogP contribution in [0, 0.1) is 5.41 Å². The molecule has 4 nitrogen and oxygen atoms in total. The number of carbonyl (C=O) groups is 2. The lowest BCUT2D eigenvalue weighted by Crippen LogP contribution is -2.39. The van der Waals surface area contributed by atoms with Crippen molar-refractivity contribution in [1.82, 2.24) is 5.01 Å². The van der Waals surface area contributed by atoms with E-state index in [1.54, 1.807) is 0 Å². The lowest BCUT2D eigenvalue weighted by atomic mass is 9.85. The van der Waals surface area contributed by atoms with Crippen LogP contribution in [0.5, 0.6) is 0 Å². The molecule has 1 heterocycles. The summed E-state index contributed by atoms with van der Waals surface area (Å²) >= 11 is 0. The lowest BCUT2D eigenvalue weighted by Gasteiger charge is -2.17. The minimum absolute atomic E-state index is 0.162. The van der Waals surface area contributed by atoms with Gasteiger partial charge in [-0.1, -0.05) is 12.8 Å². The number of hydrogen-bond acceptors (Lipinski definition) is 3. The van der Waals surface area contributed by atoms with E-state index < -0.39 is 5.41 Å². The van der Waals surface area contributed by atoms with Gasteiger partial charge >= 0.3 is 0 Å². The molecule has 0 radical (unpaired) electrons. The van der Waals surface area contributed by atoms with E-state index in [4.69, 9.17) is 5.84 Å². The van der Waals surface area contributed by atoms with E-state index in [0.717, 1.165) is 30.7 Å². The first-order chi connectivity index (χ1) is 5.66. The zero-order valence-corrected chi connectivity index (χ0v) is 6.88. The first-order valence-corrected chi connectivity index (χ1v) is 4.28. The molecule has 0 aromatic heterocycles. The predicted molar refractivity (Wildman–Crippen MR) is 41.6 cm³/mol. The molecule has 1 aliphatic heterocycles. The topological polar surface area (TPSA) is 63.4 Å². The minimum Gasteiger partial charge on any atom is -0.273 e. The number of amides is 2. The maximum Gasteiger partial charge on any atom is 0.250 e. The maximum absolute atomic E-state index is 11.5. The van der Waals surface area contributed by atoms with Gasteiger partial charge in [-0.15, -0.1) is 0 Å². The maximum atomic E-state index is 11.5. The average molecular weight is 168 g/mol. The number of rotatable bonds is 0. The van der Waals surface area contributed by atoms with Crippen LogP contribution in [-0.2, 0) is 9.59 Å². The summed E-state index contributed by atoms with van der Waals surface area (Å²) in [6, 6.07) is 0. The van der Waals surface area contributed by atoms with Crippen LogP contribution in [0.2, 0.25) is 0 Å². The third-order valence-corrected chi connectivity index (χ3v) is 2.99. The summed E-state index contributed by atoms with van der Waals surface area (Å²) in [6.07, 6.45) is 4.11. The molecule has 66 valence electrons. The molecule has 2 N–H and O–H groups in total. The Morgan fingerprint density at radius 1 is 1.25 bits per heavy atom. The average Bonchev–Trinajstić information content (AvgIpc) is 2.57.